The average Bonchev–Trinajstić information content (AvgIpc) is 2.92. The van der Waals surface area contributed by atoms with E-state index in [4.69, 9.17) is 9.47 Å². The number of ether oxygens (including phenoxy) is 2. The first-order chi connectivity index (χ1) is 19.1. The number of imide groups is 1. The Morgan fingerprint density at radius 2 is 1.82 bits per heavy atom. The van der Waals surface area contributed by atoms with Crippen molar-refractivity contribution in [1.82, 2.24) is 25.5 Å². The summed E-state index contributed by atoms with van der Waals surface area (Å²) in [6, 6.07) is 6.09. The van der Waals surface area contributed by atoms with E-state index in [2.05, 4.69) is 30.4 Å². The van der Waals surface area contributed by atoms with Crippen molar-refractivity contribution in [1.29, 1.82) is 0 Å². The topological polar surface area (TPSA) is 143 Å². The van der Waals surface area contributed by atoms with Gasteiger partial charge in [0.1, 0.15) is 28.9 Å². The summed E-state index contributed by atoms with van der Waals surface area (Å²) in [4.78, 5) is 60.8. The standard InChI is InChI=1S/C28H36N6O6/c1-28(2,3)40-27(38)19-5-9-23(30-17-19)34-14-12-33(13-15-34)11-4-16-39-20-6-7-21(29-18-20)25(36)31-22-8-10-24(35)32-26(22)37/h5-7,9,17-18,22H,4,8,10-16H2,1-3H3,(H,31,36)(H,32,35,37)/t22-/m0/s1. The van der Waals surface area contributed by atoms with E-state index in [1.54, 1.807) is 24.4 Å². The second-order valence-electron chi connectivity index (χ2n) is 10.8. The Bertz CT molecular complexity index is 1200. The SMILES string of the molecule is CC(C)(C)OC(=O)c1ccc(N2CCN(CCCOc3ccc(C(=O)N[C@H]4CCC(=O)NC4=O)nc3)CC2)nc1. The monoisotopic (exact) mass is 552 g/mol. The maximum atomic E-state index is 12.4. The van der Waals surface area contributed by atoms with Crippen LogP contribution in [0.3, 0.4) is 0 Å². The molecule has 3 amide bonds. The fourth-order valence-electron chi connectivity index (χ4n) is 4.37. The van der Waals surface area contributed by atoms with E-state index in [-0.39, 0.29) is 30.4 Å². The van der Waals surface area contributed by atoms with E-state index < -0.39 is 23.5 Å². The lowest BCUT2D eigenvalue weighted by molar-refractivity contribution is -0.134. The van der Waals surface area contributed by atoms with E-state index >= 15 is 0 Å². The molecule has 0 radical (unpaired) electrons. The van der Waals surface area contributed by atoms with Gasteiger partial charge in [0.05, 0.1) is 18.4 Å². The van der Waals surface area contributed by atoms with Gasteiger partial charge in [-0.2, -0.15) is 0 Å². The summed E-state index contributed by atoms with van der Waals surface area (Å²) in [5, 5.41) is 4.82. The van der Waals surface area contributed by atoms with Crippen molar-refractivity contribution in [3.63, 3.8) is 0 Å². The molecule has 2 aliphatic heterocycles. The highest BCUT2D eigenvalue weighted by atomic mass is 16.6. The molecule has 2 saturated heterocycles. The lowest BCUT2D eigenvalue weighted by Crippen LogP contribution is -2.52. The van der Waals surface area contributed by atoms with Gasteiger partial charge < -0.3 is 19.7 Å². The molecule has 12 nitrogen and oxygen atoms in total. The van der Waals surface area contributed by atoms with Crippen LogP contribution < -0.4 is 20.3 Å². The van der Waals surface area contributed by atoms with Gasteiger partial charge in [-0.25, -0.2) is 14.8 Å². The average molecular weight is 553 g/mol. The number of amides is 3. The smallest absolute Gasteiger partial charge is 0.340 e. The van der Waals surface area contributed by atoms with Crippen LogP contribution in [-0.2, 0) is 14.3 Å². The first kappa shape index (κ1) is 28.9. The summed E-state index contributed by atoms with van der Waals surface area (Å²) in [7, 11) is 0. The number of nitrogens with zero attached hydrogens (tertiary/aromatic N) is 4. The summed E-state index contributed by atoms with van der Waals surface area (Å²) >= 11 is 0. The Labute approximate surface area is 233 Å². The zero-order valence-electron chi connectivity index (χ0n) is 23.1. The highest BCUT2D eigenvalue weighted by Crippen LogP contribution is 2.17. The van der Waals surface area contributed by atoms with Crippen molar-refractivity contribution >= 4 is 29.5 Å². The normalized spacial score (nSPS) is 18.2. The van der Waals surface area contributed by atoms with Crippen molar-refractivity contribution in [2.75, 3.05) is 44.2 Å². The van der Waals surface area contributed by atoms with Gasteiger partial charge in [0, 0.05) is 45.3 Å². The van der Waals surface area contributed by atoms with Crippen LogP contribution in [0.5, 0.6) is 5.75 Å². The molecule has 12 heteroatoms. The summed E-state index contributed by atoms with van der Waals surface area (Å²) in [6.07, 6.45) is 4.35. The van der Waals surface area contributed by atoms with Crippen LogP contribution in [0.25, 0.3) is 0 Å². The predicted octanol–water partition coefficient (Wildman–Crippen LogP) is 1.56. The summed E-state index contributed by atoms with van der Waals surface area (Å²) < 4.78 is 11.2. The molecule has 0 aromatic carbocycles. The highest BCUT2D eigenvalue weighted by molar-refractivity contribution is 6.03. The number of hydrogen-bond acceptors (Lipinski definition) is 10. The molecule has 2 aromatic rings. The van der Waals surface area contributed by atoms with Gasteiger partial charge in [-0.1, -0.05) is 0 Å². The van der Waals surface area contributed by atoms with Crippen molar-refractivity contribution in [2.24, 2.45) is 0 Å². The third-order valence-corrected chi connectivity index (χ3v) is 6.48. The summed E-state index contributed by atoms with van der Waals surface area (Å²) in [5.41, 5.74) is 0.0685. The van der Waals surface area contributed by atoms with Crippen molar-refractivity contribution in [3.05, 3.63) is 47.9 Å². The van der Waals surface area contributed by atoms with Gasteiger partial charge in [0.2, 0.25) is 11.8 Å². The third-order valence-electron chi connectivity index (χ3n) is 6.48. The first-order valence-corrected chi connectivity index (χ1v) is 13.5. The molecule has 40 heavy (non-hydrogen) atoms. The minimum absolute atomic E-state index is 0.170. The van der Waals surface area contributed by atoms with Gasteiger partial charge >= 0.3 is 5.97 Å². The van der Waals surface area contributed by atoms with Crippen LogP contribution in [0.15, 0.2) is 36.7 Å². The molecular formula is C28H36N6O6. The minimum atomic E-state index is -0.745. The number of anilines is 1. The zero-order valence-corrected chi connectivity index (χ0v) is 23.1. The van der Waals surface area contributed by atoms with Crippen LogP contribution in [0.4, 0.5) is 5.82 Å². The molecule has 0 unspecified atom stereocenters. The molecule has 0 aliphatic carbocycles. The molecular weight excluding hydrogens is 516 g/mol. The molecule has 0 saturated carbocycles. The van der Waals surface area contributed by atoms with E-state index in [0.29, 0.717) is 17.9 Å². The molecule has 1 atom stereocenters. The van der Waals surface area contributed by atoms with E-state index in [1.807, 2.05) is 26.8 Å². The number of carbonyl (C=O) groups excluding carboxylic acids is 4. The van der Waals surface area contributed by atoms with Crippen LogP contribution in [0.2, 0.25) is 0 Å². The lowest BCUT2D eigenvalue weighted by Gasteiger charge is -2.35. The van der Waals surface area contributed by atoms with Crippen molar-refractivity contribution in [3.8, 4) is 5.75 Å². The zero-order chi connectivity index (χ0) is 28.7. The van der Waals surface area contributed by atoms with E-state index in [1.165, 1.54) is 6.20 Å². The Kier molecular flexibility index (Phi) is 9.30. The number of pyridine rings is 2. The summed E-state index contributed by atoms with van der Waals surface area (Å²) in [5.74, 6) is -0.287. The predicted molar refractivity (Wildman–Crippen MR) is 146 cm³/mol. The second-order valence-corrected chi connectivity index (χ2v) is 10.8. The molecule has 2 aliphatic rings. The van der Waals surface area contributed by atoms with E-state index in [9.17, 15) is 19.2 Å². The number of piperidine rings is 1. The number of nitrogens with one attached hydrogen (secondary N) is 2. The van der Waals surface area contributed by atoms with Gasteiger partial charge in [-0.05, 0) is 57.9 Å². The van der Waals surface area contributed by atoms with Gasteiger partial charge in [-0.15, -0.1) is 0 Å². The Morgan fingerprint density at radius 3 is 2.45 bits per heavy atom. The quantitative estimate of drug-likeness (QED) is 0.267. The largest absolute Gasteiger partial charge is 0.492 e. The number of esters is 1. The molecule has 4 rings (SSSR count). The van der Waals surface area contributed by atoms with Crippen LogP contribution in [0.1, 0.15) is 60.9 Å². The lowest BCUT2D eigenvalue weighted by atomic mass is 10.1. The van der Waals surface area contributed by atoms with Gasteiger partial charge in [0.25, 0.3) is 5.91 Å². The molecule has 2 fully saturated rings. The Balaban J connectivity index is 1.13. The van der Waals surface area contributed by atoms with E-state index in [0.717, 1.165) is 45.0 Å². The third kappa shape index (κ3) is 8.22. The summed E-state index contributed by atoms with van der Waals surface area (Å²) in [6.45, 7) is 10.4. The number of hydrogen-bond donors (Lipinski definition) is 2. The number of carbonyl (C=O) groups is 4. The van der Waals surface area contributed by atoms with Gasteiger partial charge in [0.15, 0.2) is 0 Å². The molecule has 214 valence electrons. The molecule has 4 heterocycles. The number of rotatable bonds is 9. The van der Waals surface area contributed by atoms with Crippen LogP contribution in [-0.4, -0.2) is 89.5 Å². The first-order valence-electron chi connectivity index (χ1n) is 13.5. The van der Waals surface area contributed by atoms with Gasteiger partial charge in [-0.3, -0.25) is 24.6 Å². The molecule has 0 bridgehead atoms. The maximum Gasteiger partial charge on any atom is 0.340 e. The van der Waals surface area contributed by atoms with Crippen LogP contribution >= 0.6 is 0 Å². The van der Waals surface area contributed by atoms with Crippen LogP contribution in [0, 0.1) is 0 Å². The molecule has 0 spiro atoms. The van der Waals surface area contributed by atoms with Crippen molar-refractivity contribution < 1.29 is 28.7 Å². The fourth-order valence-corrected chi connectivity index (χ4v) is 4.37. The highest BCUT2D eigenvalue weighted by Gasteiger charge is 2.28. The molecule has 2 N–H and O–H groups in total. The Hall–Kier alpha value is -4.06. The fraction of sp³-hybridized carbons (Fsp3) is 0.500. The minimum Gasteiger partial charge on any atom is -0.492 e. The van der Waals surface area contributed by atoms with Crippen molar-refractivity contribution in [2.45, 2.75) is 51.7 Å². The number of aromatic nitrogens is 2. The Morgan fingerprint density at radius 1 is 1.05 bits per heavy atom. The number of piperazine rings is 1. The molecule has 2 aromatic heterocycles. The second kappa shape index (κ2) is 12.9. The maximum absolute atomic E-state index is 12.4.